The Morgan fingerprint density at radius 3 is 2.87 bits per heavy atom. The largest absolute Gasteiger partial charge is 0.309 e. The number of nitrogens with one attached hydrogen (secondary N) is 1. The third kappa shape index (κ3) is 3.26. The number of hydrogen-bond acceptors (Lipinski definition) is 5. The number of aryl methyl sites for hydroxylation is 1. The molecule has 1 atom stereocenters. The molecule has 23 heavy (non-hydrogen) atoms. The molecule has 0 spiro atoms. The van der Waals surface area contributed by atoms with Gasteiger partial charge >= 0.3 is 0 Å². The normalized spacial score (nSPS) is 18.0. The van der Waals surface area contributed by atoms with Crippen LogP contribution in [0, 0.1) is 12.8 Å². The molecule has 2 amide bonds. The minimum atomic E-state index is -0.367. The summed E-state index contributed by atoms with van der Waals surface area (Å²) in [6, 6.07) is 0.230. The van der Waals surface area contributed by atoms with E-state index in [2.05, 4.69) is 15.4 Å². The molecule has 1 aliphatic rings. The highest BCUT2D eigenvalue weighted by Gasteiger charge is 2.36. The highest BCUT2D eigenvalue weighted by Crippen LogP contribution is 2.26. The molecule has 0 aromatic carbocycles. The Balaban J connectivity index is 1.67. The number of carbonyl (C=O) groups excluding carboxylic acids is 2. The van der Waals surface area contributed by atoms with Gasteiger partial charge in [-0.05, 0) is 20.8 Å². The van der Waals surface area contributed by atoms with E-state index in [1.807, 2.05) is 32.3 Å². The summed E-state index contributed by atoms with van der Waals surface area (Å²) >= 11 is 1.39. The summed E-state index contributed by atoms with van der Waals surface area (Å²) in [5.74, 6) is -0.579. The first-order chi connectivity index (χ1) is 10.9. The van der Waals surface area contributed by atoms with Crippen LogP contribution in [0.1, 0.15) is 32.0 Å². The molecule has 8 heteroatoms. The maximum absolute atomic E-state index is 12.3. The molecule has 0 bridgehead atoms. The molecule has 3 rings (SSSR count). The average Bonchev–Trinajstić information content (AvgIpc) is 3.18. The zero-order chi connectivity index (χ0) is 16.6. The molecule has 3 heterocycles. The van der Waals surface area contributed by atoms with Crippen LogP contribution in [-0.2, 0) is 9.59 Å². The highest BCUT2D eigenvalue weighted by atomic mass is 32.1. The monoisotopic (exact) mass is 333 g/mol. The quantitative estimate of drug-likeness (QED) is 0.930. The van der Waals surface area contributed by atoms with E-state index in [9.17, 15) is 9.59 Å². The van der Waals surface area contributed by atoms with Crippen molar-refractivity contribution in [3.05, 3.63) is 23.5 Å². The van der Waals surface area contributed by atoms with Gasteiger partial charge in [0.25, 0.3) is 0 Å². The van der Waals surface area contributed by atoms with E-state index in [1.54, 1.807) is 15.8 Å². The van der Waals surface area contributed by atoms with Gasteiger partial charge in [-0.1, -0.05) is 0 Å². The van der Waals surface area contributed by atoms with E-state index in [1.165, 1.54) is 11.3 Å². The average molecular weight is 333 g/mol. The van der Waals surface area contributed by atoms with Crippen molar-refractivity contribution in [3.8, 4) is 0 Å². The Morgan fingerprint density at radius 1 is 1.48 bits per heavy atom. The van der Waals surface area contributed by atoms with Gasteiger partial charge in [-0.3, -0.25) is 14.3 Å². The standard InChI is InChI=1S/C15H19N5O2S/c1-9(2)20-7-12(5-16-20)19-6-11(4-13(19)21)14(22)18-15-17-10(3)8-23-15/h5,7-9,11H,4,6H2,1-3H3,(H,17,18,22). The van der Waals surface area contributed by atoms with Crippen LogP contribution >= 0.6 is 11.3 Å². The Labute approximate surface area is 138 Å². The second-order valence-corrected chi connectivity index (χ2v) is 6.82. The predicted octanol–water partition coefficient (Wildman–Crippen LogP) is 2.22. The number of amides is 2. The lowest BCUT2D eigenvalue weighted by molar-refractivity contribution is -0.122. The number of carbonyl (C=O) groups is 2. The molecule has 7 nitrogen and oxygen atoms in total. The van der Waals surface area contributed by atoms with Crippen LogP contribution in [0.3, 0.4) is 0 Å². The lowest BCUT2D eigenvalue weighted by atomic mass is 10.1. The fourth-order valence-corrected chi connectivity index (χ4v) is 3.19. The highest BCUT2D eigenvalue weighted by molar-refractivity contribution is 7.13. The molecule has 0 aliphatic carbocycles. The molecule has 2 aromatic heterocycles. The summed E-state index contributed by atoms with van der Waals surface area (Å²) in [7, 11) is 0. The SMILES string of the molecule is Cc1csc(NC(=O)C2CC(=O)N(c3cnn(C(C)C)c3)C2)n1. The summed E-state index contributed by atoms with van der Waals surface area (Å²) in [5.41, 5.74) is 1.61. The van der Waals surface area contributed by atoms with Crippen molar-refractivity contribution in [3.63, 3.8) is 0 Å². The number of hydrogen-bond donors (Lipinski definition) is 1. The van der Waals surface area contributed by atoms with Gasteiger partial charge in [0.15, 0.2) is 5.13 Å². The third-order valence-corrected chi connectivity index (χ3v) is 4.65. The first-order valence-electron chi connectivity index (χ1n) is 7.51. The van der Waals surface area contributed by atoms with E-state index in [4.69, 9.17) is 0 Å². The third-order valence-electron chi connectivity index (χ3n) is 3.77. The van der Waals surface area contributed by atoms with Crippen molar-refractivity contribution in [1.82, 2.24) is 14.8 Å². The molecule has 0 saturated carbocycles. The van der Waals surface area contributed by atoms with Gasteiger partial charge in [0.05, 0.1) is 23.5 Å². The van der Waals surface area contributed by atoms with Gasteiger partial charge in [0, 0.05) is 30.6 Å². The molecule has 1 N–H and O–H groups in total. The lowest BCUT2D eigenvalue weighted by Crippen LogP contribution is -2.27. The number of nitrogens with zero attached hydrogens (tertiary/aromatic N) is 4. The molecular formula is C15H19N5O2S. The van der Waals surface area contributed by atoms with E-state index in [-0.39, 0.29) is 30.2 Å². The Kier molecular flexibility index (Phi) is 4.16. The molecule has 1 aliphatic heterocycles. The minimum Gasteiger partial charge on any atom is -0.309 e. The molecular weight excluding hydrogens is 314 g/mol. The van der Waals surface area contributed by atoms with Crippen molar-refractivity contribution < 1.29 is 9.59 Å². The molecule has 1 unspecified atom stereocenters. The fourth-order valence-electron chi connectivity index (χ4n) is 2.50. The van der Waals surface area contributed by atoms with Crippen molar-refractivity contribution in [2.24, 2.45) is 5.92 Å². The maximum atomic E-state index is 12.3. The van der Waals surface area contributed by atoms with Gasteiger partial charge in [0.2, 0.25) is 11.8 Å². The summed E-state index contributed by atoms with van der Waals surface area (Å²) in [6.45, 7) is 6.29. The fraction of sp³-hybridized carbons (Fsp3) is 0.467. The summed E-state index contributed by atoms with van der Waals surface area (Å²) in [4.78, 5) is 30.4. The number of aromatic nitrogens is 3. The van der Waals surface area contributed by atoms with Crippen molar-refractivity contribution in [2.45, 2.75) is 33.2 Å². The summed E-state index contributed by atoms with van der Waals surface area (Å²) in [5, 5.41) is 9.49. The first kappa shape index (κ1) is 15.7. The van der Waals surface area contributed by atoms with E-state index >= 15 is 0 Å². The van der Waals surface area contributed by atoms with Crippen molar-refractivity contribution in [1.29, 1.82) is 0 Å². The molecule has 2 aromatic rings. The van der Waals surface area contributed by atoms with Gasteiger partial charge < -0.3 is 10.2 Å². The van der Waals surface area contributed by atoms with Crippen LogP contribution < -0.4 is 10.2 Å². The van der Waals surface area contributed by atoms with Crippen LogP contribution in [-0.4, -0.2) is 33.1 Å². The van der Waals surface area contributed by atoms with Crippen molar-refractivity contribution in [2.75, 3.05) is 16.8 Å². The Bertz CT molecular complexity index is 736. The van der Waals surface area contributed by atoms with Gasteiger partial charge in [0.1, 0.15) is 0 Å². The van der Waals surface area contributed by atoms with Crippen LogP contribution in [0.25, 0.3) is 0 Å². The number of thiazole rings is 1. The summed E-state index contributed by atoms with van der Waals surface area (Å²) in [6.07, 6.45) is 3.72. The lowest BCUT2D eigenvalue weighted by Gasteiger charge is -2.14. The van der Waals surface area contributed by atoms with Gasteiger partial charge in [-0.15, -0.1) is 11.3 Å². The van der Waals surface area contributed by atoms with Crippen LogP contribution in [0.2, 0.25) is 0 Å². The number of rotatable bonds is 4. The van der Waals surface area contributed by atoms with E-state index in [0.717, 1.165) is 11.4 Å². The second kappa shape index (κ2) is 6.11. The van der Waals surface area contributed by atoms with Crippen molar-refractivity contribution >= 4 is 34.0 Å². The molecule has 1 saturated heterocycles. The summed E-state index contributed by atoms with van der Waals surface area (Å²) < 4.78 is 1.80. The minimum absolute atomic E-state index is 0.0521. The molecule has 122 valence electrons. The zero-order valence-corrected chi connectivity index (χ0v) is 14.1. The topological polar surface area (TPSA) is 80.1 Å². The second-order valence-electron chi connectivity index (χ2n) is 5.96. The van der Waals surface area contributed by atoms with E-state index in [0.29, 0.717) is 11.7 Å². The molecule has 0 radical (unpaired) electrons. The first-order valence-corrected chi connectivity index (χ1v) is 8.39. The van der Waals surface area contributed by atoms with E-state index < -0.39 is 0 Å². The maximum Gasteiger partial charge on any atom is 0.231 e. The van der Waals surface area contributed by atoms with Crippen LogP contribution in [0.4, 0.5) is 10.8 Å². The van der Waals surface area contributed by atoms with Gasteiger partial charge in [-0.2, -0.15) is 5.10 Å². The molecule has 1 fully saturated rings. The smallest absolute Gasteiger partial charge is 0.231 e. The van der Waals surface area contributed by atoms with Crippen LogP contribution in [0.15, 0.2) is 17.8 Å². The van der Waals surface area contributed by atoms with Gasteiger partial charge in [-0.25, -0.2) is 4.98 Å². The zero-order valence-electron chi connectivity index (χ0n) is 13.3. The Morgan fingerprint density at radius 2 is 2.26 bits per heavy atom. The van der Waals surface area contributed by atoms with Crippen LogP contribution in [0.5, 0.6) is 0 Å². The number of anilines is 2. The Hall–Kier alpha value is -2.22. The predicted molar refractivity (Wildman–Crippen MR) is 88.6 cm³/mol.